The Morgan fingerprint density at radius 2 is 1.76 bits per heavy atom. The van der Waals surface area contributed by atoms with E-state index in [0.717, 1.165) is 29.3 Å². The van der Waals surface area contributed by atoms with Crippen LogP contribution in [0.4, 0.5) is 5.82 Å². The van der Waals surface area contributed by atoms with Crippen molar-refractivity contribution in [3.63, 3.8) is 0 Å². The second-order valence-electron chi connectivity index (χ2n) is 10.1. The average Bonchev–Trinajstić information content (AvgIpc) is 2.89. The minimum Gasteiger partial charge on any atom is -1.00 e. The second-order valence-corrected chi connectivity index (χ2v) is 10.1. The van der Waals surface area contributed by atoms with Gasteiger partial charge in [-0.15, -0.1) is 0 Å². The van der Waals surface area contributed by atoms with Gasteiger partial charge in [0.25, 0.3) is 0 Å². The highest BCUT2D eigenvalue weighted by Crippen LogP contribution is 2.53. The van der Waals surface area contributed by atoms with E-state index in [4.69, 9.17) is 9.97 Å². The summed E-state index contributed by atoms with van der Waals surface area (Å²) < 4.78 is 0. The first-order valence-electron chi connectivity index (χ1n) is 10.4. The van der Waals surface area contributed by atoms with E-state index >= 15 is 0 Å². The number of nitrogens with zero attached hydrogens (tertiary/aromatic N) is 3. The molecule has 2 bridgehead atoms. The summed E-state index contributed by atoms with van der Waals surface area (Å²) in [5.41, 5.74) is 4.15. The van der Waals surface area contributed by atoms with Gasteiger partial charge in [-0.3, -0.25) is 0 Å². The maximum Gasteiger partial charge on any atom is 0.162 e. The van der Waals surface area contributed by atoms with Crippen LogP contribution in [0.25, 0.3) is 22.3 Å². The number of halogens is 1. The molecule has 1 saturated carbocycles. The highest BCUT2D eigenvalue weighted by Gasteiger charge is 2.50. The fraction of sp³-hybridized carbons (Fsp3) is 0.440. The summed E-state index contributed by atoms with van der Waals surface area (Å²) in [4.78, 5) is 12.7. The lowest BCUT2D eigenvalue weighted by Gasteiger charge is -2.39. The minimum atomic E-state index is 0. The molecule has 2 aliphatic rings. The molecule has 4 heteroatoms. The summed E-state index contributed by atoms with van der Waals surface area (Å²) in [6.07, 6.45) is 3.80. The molecule has 0 amide bonds. The first-order valence-corrected chi connectivity index (χ1v) is 10.4. The summed E-state index contributed by atoms with van der Waals surface area (Å²) in [6, 6.07) is 17.6. The number of aromatic nitrogens is 2. The van der Waals surface area contributed by atoms with Crippen molar-refractivity contribution >= 4 is 16.7 Å². The number of rotatable bonds is 2. The van der Waals surface area contributed by atoms with Crippen molar-refractivity contribution < 1.29 is 12.4 Å². The van der Waals surface area contributed by atoms with Crippen molar-refractivity contribution in [1.29, 1.82) is 0 Å². The molecule has 0 N–H and O–H groups in total. The van der Waals surface area contributed by atoms with Crippen LogP contribution in [0, 0.1) is 17.8 Å². The van der Waals surface area contributed by atoms with Crippen LogP contribution in [0.15, 0.2) is 48.5 Å². The number of fused-ring (bicyclic) bond motifs is 3. The molecule has 1 aliphatic carbocycles. The van der Waals surface area contributed by atoms with Crippen LogP contribution >= 0.6 is 0 Å². The number of hydrogen-bond donors (Lipinski definition) is 0. The highest BCUT2D eigenvalue weighted by molar-refractivity contribution is 5.91. The maximum absolute atomic E-state index is 5.15. The quantitative estimate of drug-likeness (QED) is 0.655. The first-order chi connectivity index (χ1) is 13.3. The molecule has 152 valence electrons. The molecule has 2 heterocycles. The molecule has 1 aliphatic heterocycles. The fourth-order valence-electron chi connectivity index (χ4n) is 5.90. The highest BCUT2D eigenvalue weighted by atomic mass is 35.5. The van der Waals surface area contributed by atoms with Gasteiger partial charge in [0, 0.05) is 23.5 Å². The summed E-state index contributed by atoms with van der Waals surface area (Å²) in [6.45, 7) is 10.5. The van der Waals surface area contributed by atoms with Crippen molar-refractivity contribution in [2.45, 2.75) is 53.0 Å². The van der Waals surface area contributed by atoms with E-state index in [1.807, 2.05) is 0 Å². The zero-order valence-corrected chi connectivity index (χ0v) is 18.5. The lowest BCUT2D eigenvalue weighted by molar-refractivity contribution is -0.00000839. The molecular weight excluding hydrogens is 378 g/mol. The van der Waals surface area contributed by atoms with Crippen molar-refractivity contribution in [2.75, 3.05) is 11.4 Å². The number of hydrogen-bond acceptors (Lipinski definition) is 3. The van der Waals surface area contributed by atoms with E-state index in [1.165, 1.54) is 30.2 Å². The lowest BCUT2D eigenvalue weighted by Crippen LogP contribution is -3.00. The molecule has 1 saturated heterocycles. The fourth-order valence-corrected chi connectivity index (χ4v) is 5.90. The Morgan fingerprint density at radius 1 is 0.966 bits per heavy atom. The SMILES string of the molecule is Cc1cccc(-c2nc(N3CC4(C)CC3CC(C)(C)C4)c3ccccc3n2)c1.[Cl-]. The maximum atomic E-state index is 5.15. The normalized spacial score (nSPS) is 25.1. The molecule has 0 spiro atoms. The molecule has 3 aromatic rings. The van der Waals surface area contributed by atoms with Gasteiger partial charge in [-0.05, 0) is 55.2 Å². The van der Waals surface area contributed by atoms with Gasteiger partial charge in [-0.25, -0.2) is 9.97 Å². The Morgan fingerprint density at radius 3 is 2.55 bits per heavy atom. The Kier molecular flexibility index (Phi) is 4.85. The largest absolute Gasteiger partial charge is 1.00 e. The van der Waals surface area contributed by atoms with Crippen molar-refractivity contribution in [1.82, 2.24) is 9.97 Å². The Balaban J connectivity index is 0.00000205. The van der Waals surface area contributed by atoms with Crippen LogP contribution in [0.2, 0.25) is 0 Å². The van der Waals surface area contributed by atoms with E-state index in [0.29, 0.717) is 16.9 Å². The number of aryl methyl sites for hydroxylation is 1. The first kappa shape index (κ1) is 20.2. The molecule has 5 rings (SSSR count). The van der Waals surface area contributed by atoms with Crippen LogP contribution in [-0.2, 0) is 0 Å². The van der Waals surface area contributed by atoms with Gasteiger partial charge in [0.1, 0.15) is 5.82 Å². The Labute approximate surface area is 180 Å². The topological polar surface area (TPSA) is 29.0 Å². The molecule has 2 unspecified atom stereocenters. The van der Waals surface area contributed by atoms with E-state index in [1.54, 1.807) is 0 Å². The average molecular weight is 407 g/mol. The third-order valence-corrected chi connectivity index (χ3v) is 6.55. The lowest BCUT2D eigenvalue weighted by atomic mass is 9.65. The third-order valence-electron chi connectivity index (χ3n) is 6.55. The molecule has 0 radical (unpaired) electrons. The van der Waals surface area contributed by atoms with Crippen LogP contribution in [0.5, 0.6) is 0 Å². The predicted molar refractivity (Wildman–Crippen MR) is 117 cm³/mol. The zero-order chi connectivity index (χ0) is 19.5. The van der Waals surface area contributed by atoms with E-state index in [-0.39, 0.29) is 12.4 Å². The monoisotopic (exact) mass is 406 g/mol. The zero-order valence-electron chi connectivity index (χ0n) is 17.7. The summed E-state index contributed by atoms with van der Waals surface area (Å²) in [5, 5.41) is 1.17. The van der Waals surface area contributed by atoms with E-state index in [9.17, 15) is 0 Å². The summed E-state index contributed by atoms with van der Waals surface area (Å²) in [5.74, 6) is 1.96. The number of para-hydroxylation sites is 1. The van der Waals surface area contributed by atoms with Gasteiger partial charge in [0.15, 0.2) is 5.82 Å². The molecule has 2 aromatic carbocycles. The molecule has 2 fully saturated rings. The van der Waals surface area contributed by atoms with Crippen molar-refractivity contribution in [2.24, 2.45) is 10.8 Å². The molecule has 29 heavy (non-hydrogen) atoms. The molecular formula is C25H29ClN3-. The minimum absolute atomic E-state index is 0. The van der Waals surface area contributed by atoms with Gasteiger partial charge < -0.3 is 17.3 Å². The van der Waals surface area contributed by atoms with Crippen LogP contribution in [0.3, 0.4) is 0 Å². The molecule has 2 atom stereocenters. The van der Waals surface area contributed by atoms with Gasteiger partial charge in [0.2, 0.25) is 0 Å². The van der Waals surface area contributed by atoms with Gasteiger partial charge >= 0.3 is 0 Å². The van der Waals surface area contributed by atoms with Gasteiger partial charge in [0.05, 0.1) is 5.52 Å². The molecule has 3 nitrogen and oxygen atoms in total. The Hall–Kier alpha value is -2.13. The number of benzene rings is 2. The summed E-state index contributed by atoms with van der Waals surface area (Å²) >= 11 is 0. The van der Waals surface area contributed by atoms with E-state index in [2.05, 4.69) is 81.1 Å². The van der Waals surface area contributed by atoms with Gasteiger partial charge in [-0.1, -0.05) is 56.7 Å². The van der Waals surface area contributed by atoms with Crippen LogP contribution in [0.1, 0.15) is 45.6 Å². The van der Waals surface area contributed by atoms with Gasteiger partial charge in [-0.2, -0.15) is 0 Å². The van der Waals surface area contributed by atoms with E-state index < -0.39 is 0 Å². The smallest absolute Gasteiger partial charge is 0.162 e. The van der Waals surface area contributed by atoms with Crippen molar-refractivity contribution in [3.05, 3.63) is 54.1 Å². The van der Waals surface area contributed by atoms with Crippen LogP contribution < -0.4 is 17.3 Å². The number of anilines is 1. The summed E-state index contributed by atoms with van der Waals surface area (Å²) in [7, 11) is 0. The standard InChI is InChI=1S/C25H29N3.ClH/c1-17-8-7-9-18(12-17)22-26-21-11-6-5-10-20(21)23(27-22)28-16-25(4)14-19(28)13-24(2,3)15-25;/h5-12,19H,13-16H2,1-4H3;1H/p-1. The molecule has 1 aromatic heterocycles. The second kappa shape index (κ2) is 6.98. The Bertz CT molecular complexity index is 1060. The predicted octanol–water partition coefficient (Wildman–Crippen LogP) is 3.01. The third kappa shape index (κ3) is 3.61. The van der Waals surface area contributed by atoms with Crippen molar-refractivity contribution in [3.8, 4) is 11.4 Å². The van der Waals surface area contributed by atoms with Crippen LogP contribution in [-0.4, -0.2) is 22.6 Å².